The summed E-state index contributed by atoms with van der Waals surface area (Å²) in [5.74, 6) is 0.345. The largest absolute Gasteiger partial charge is 0.507 e. The van der Waals surface area contributed by atoms with Crippen molar-refractivity contribution in [3.8, 4) is 11.5 Å². The number of methoxy groups -OCH3 is 1. The van der Waals surface area contributed by atoms with Crippen molar-refractivity contribution in [3.05, 3.63) is 58.1 Å². The highest BCUT2D eigenvalue weighted by Gasteiger charge is 2.07. The predicted octanol–water partition coefficient (Wildman–Crippen LogP) is 3.15. The zero-order valence-corrected chi connectivity index (χ0v) is 13.0. The van der Waals surface area contributed by atoms with Gasteiger partial charge in [0.2, 0.25) is 5.91 Å². The molecule has 0 heterocycles. The molecule has 2 aromatic rings. The number of phenolic OH excluding ortho intramolecular Hbond substituents is 1. The van der Waals surface area contributed by atoms with Crippen LogP contribution in [0, 0.1) is 12.3 Å². The van der Waals surface area contributed by atoms with Gasteiger partial charge in [0.05, 0.1) is 7.11 Å². The van der Waals surface area contributed by atoms with Gasteiger partial charge in [0.25, 0.3) is 0 Å². The van der Waals surface area contributed by atoms with Gasteiger partial charge in [0.1, 0.15) is 11.5 Å². The van der Waals surface area contributed by atoms with Crippen LogP contribution in [0.1, 0.15) is 21.5 Å². The molecule has 0 aromatic heterocycles. The summed E-state index contributed by atoms with van der Waals surface area (Å²) in [7, 11) is 1.56. The van der Waals surface area contributed by atoms with Gasteiger partial charge in [-0.1, -0.05) is 17.7 Å². The van der Waals surface area contributed by atoms with Crippen molar-refractivity contribution in [3.63, 3.8) is 0 Å². The minimum absolute atomic E-state index is 0.0828. The summed E-state index contributed by atoms with van der Waals surface area (Å²) in [6.07, 6.45) is 1.06. The first-order valence-electron chi connectivity index (χ1n) is 6.33. The Labute approximate surface area is 133 Å². The van der Waals surface area contributed by atoms with Gasteiger partial charge in [-0.3, -0.25) is 4.79 Å². The number of nitrogens with two attached hydrogens (primary N) is 1. The zero-order chi connectivity index (χ0) is 16.7. The second kappa shape index (κ2) is 8.05. The molecular formula is C16H17ClN2O3. The molecule has 0 spiro atoms. The molecule has 22 heavy (non-hydrogen) atoms. The average Bonchev–Trinajstić information content (AvgIpc) is 2.50. The van der Waals surface area contributed by atoms with Crippen LogP contribution in [0.25, 0.3) is 0 Å². The van der Waals surface area contributed by atoms with Gasteiger partial charge in [-0.25, -0.2) is 0 Å². The molecule has 116 valence electrons. The summed E-state index contributed by atoms with van der Waals surface area (Å²) in [4.78, 5) is 10.9. The monoisotopic (exact) mass is 320 g/mol. The minimum Gasteiger partial charge on any atom is -0.507 e. The number of carbonyl (C=O) groups excluding carboxylic acids is 1. The van der Waals surface area contributed by atoms with Crippen LogP contribution < -0.4 is 10.5 Å². The van der Waals surface area contributed by atoms with Crippen LogP contribution in [-0.2, 0) is 0 Å². The van der Waals surface area contributed by atoms with Crippen molar-refractivity contribution in [2.45, 2.75) is 6.92 Å². The van der Waals surface area contributed by atoms with Crippen molar-refractivity contribution in [2.24, 2.45) is 5.73 Å². The Kier molecular flexibility index (Phi) is 6.41. The molecule has 0 radical (unpaired) electrons. The van der Waals surface area contributed by atoms with Crippen molar-refractivity contribution < 1.29 is 14.6 Å². The quantitative estimate of drug-likeness (QED) is 0.758. The topological polar surface area (TPSA) is 96.4 Å². The normalized spacial score (nSPS) is 9.41. The Bertz CT molecular complexity index is 687. The molecule has 2 rings (SSSR count). The van der Waals surface area contributed by atoms with E-state index in [0.29, 0.717) is 21.9 Å². The zero-order valence-electron chi connectivity index (χ0n) is 12.3. The lowest BCUT2D eigenvalue weighted by Crippen LogP contribution is -2.12. The summed E-state index contributed by atoms with van der Waals surface area (Å²) in [5, 5.41) is 16.4. The number of halogens is 1. The number of rotatable bonds is 3. The third-order valence-corrected chi connectivity index (χ3v) is 3.15. The Morgan fingerprint density at radius 1 is 1.36 bits per heavy atom. The fourth-order valence-corrected chi connectivity index (χ4v) is 1.92. The fourth-order valence-electron chi connectivity index (χ4n) is 1.74. The van der Waals surface area contributed by atoms with E-state index in [1.165, 1.54) is 12.1 Å². The number of hydrogen-bond donors (Lipinski definition) is 3. The first-order valence-corrected chi connectivity index (χ1v) is 6.71. The Hall–Kier alpha value is -2.53. The highest BCUT2D eigenvalue weighted by Crippen LogP contribution is 2.20. The van der Waals surface area contributed by atoms with Crippen LogP contribution in [0.5, 0.6) is 11.5 Å². The molecule has 0 aliphatic carbocycles. The SMILES string of the molecule is COc1cccc(C(N)=O)c1C.N=Cc1cc(Cl)ccc1O. The van der Waals surface area contributed by atoms with Crippen molar-refractivity contribution >= 4 is 23.7 Å². The van der Waals surface area contributed by atoms with Crippen LogP contribution in [-0.4, -0.2) is 24.3 Å². The van der Waals surface area contributed by atoms with E-state index in [0.717, 1.165) is 11.8 Å². The Morgan fingerprint density at radius 2 is 2.05 bits per heavy atom. The average molecular weight is 321 g/mol. The number of hydrogen-bond acceptors (Lipinski definition) is 4. The second-order valence-corrected chi connectivity index (χ2v) is 4.78. The molecule has 2 aromatic carbocycles. The maximum absolute atomic E-state index is 10.9. The summed E-state index contributed by atoms with van der Waals surface area (Å²) in [5.41, 5.74) is 6.87. The molecule has 0 saturated heterocycles. The van der Waals surface area contributed by atoms with Gasteiger partial charge >= 0.3 is 0 Å². The fraction of sp³-hybridized carbons (Fsp3) is 0.125. The lowest BCUT2D eigenvalue weighted by molar-refractivity contribution is 0.0999. The summed E-state index contributed by atoms with van der Waals surface area (Å²) >= 11 is 5.58. The van der Waals surface area contributed by atoms with Crippen molar-refractivity contribution in [2.75, 3.05) is 7.11 Å². The number of primary amides is 1. The van der Waals surface area contributed by atoms with E-state index in [1.54, 1.807) is 38.3 Å². The van der Waals surface area contributed by atoms with Gasteiger partial charge in [-0.15, -0.1) is 0 Å². The molecule has 0 atom stereocenters. The second-order valence-electron chi connectivity index (χ2n) is 4.34. The summed E-state index contributed by atoms with van der Waals surface area (Å²) < 4.78 is 5.03. The number of amides is 1. The first-order chi connectivity index (χ1) is 10.4. The van der Waals surface area contributed by atoms with E-state index in [2.05, 4.69) is 0 Å². The number of carbonyl (C=O) groups is 1. The maximum Gasteiger partial charge on any atom is 0.249 e. The molecule has 4 N–H and O–H groups in total. The highest BCUT2D eigenvalue weighted by molar-refractivity contribution is 6.30. The van der Waals surface area contributed by atoms with Crippen LogP contribution in [0.15, 0.2) is 36.4 Å². The third kappa shape index (κ3) is 4.49. The number of nitrogens with one attached hydrogen (secondary N) is 1. The summed E-state index contributed by atoms with van der Waals surface area (Å²) in [6.45, 7) is 1.80. The predicted molar refractivity (Wildman–Crippen MR) is 87.3 cm³/mol. The number of ether oxygens (including phenoxy) is 1. The number of aromatic hydroxyl groups is 1. The van der Waals surface area contributed by atoms with Crippen molar-refractivity contribution in [1.29, 1.82) is 5.41 Å². The van der Waals surface area contributed by atoms with Crippen LogP contribution in [0.4, 0.5) is 0 Å². The van der Waals surface area contributed by atoms with E-state index >= 15 is 0 Å². The van der Waals surface area contributed by atoms with E-state index in [1.807, 2.05) is 0 Å². The van der Waals surface area contributed by atoms with Gasteiger partial charge in [0, 0.05) is 27.9 Å². The van der Waals surface area contributed by atoms with E-state index in [-0.39, 0.29) is 5.75 Å². The van der Waals surface area contributed by atoms with E-state index < -0.39 is 5.91 Å². The molecule has 0 bridgehead atoms. The maximum atomic E-state index is 10.9. The van der Waals surface area contributed by atoms with Crippen LogP contribution in [0.2, 0.25) is 5.02 Å². The molecule has 0 saturated carbocycles. The van der Waals surface area contributed by atoms with Crippen molar-refractivity contribution in [1.82, 2.24) is 0 Å². The minimum atomic E-state index is -0.425. The molecular weight excluding hydrogens is 304 g/mol. The molecule has 6 heteroatoms. The van der Waals surface area contributed by atoms with Crippen LogP contribution >= 0.6 is 11.6 Å². The molecule has 0 aliphatic rings. The molecule has 0 unspecified atom stereocenters. The van der Waals surface area contributed by atoms with Gasteiger partial charge in [-0.05, 0) is 37.3 Å². The molecule has 0 fully saturated rings. The van der Waals surface area contributed by atoms with E-state index in [9.17, 15) is 4.79 Å². The first kappa shape index (κ1) is 17.5. The van der Waals surface area contributed by atoms with Gasteiger partial charge < -0.3 is 21.0 Å². The van der Waals surface area contributed by atoms with Gasteiger partial charge in [-0.2, -0.15) is 0 Å². The smallest absolute Gasteiger partial charge is 0.249 e. The third-order valence-electron chi connectivity index (χ3n) is 2.91. The molecule has 5 nitrogen and oxygen atoms in total. The Morgan fingerprint density at radius 3 is 2.55 bits per heavy atom. The highest BCUT2D eigenvalue weighted by atomic mass is 35.5. The lowest BCUT2D eigenvalue weighted by atomic mass is 10.1. The van der Waals surface area contributed by atoms with E-state index in [4.69, 9.17) is 32.6 Å². The lowest BCUT2D eigenvalue weighted by Gasteiger charge is -2.06. The standard InChI is InChI=1S/C9H11NO2.C7H6ClNO/c1-6-7(9(10)11)4-3-5-8(6)12-2;8-6-1-2-7(10)5(3-6)4-9/h3-5H,1-2H3,(H2,10,11);1-4,9-10H. The number of benzene rings is 2. The number of phenols is 1. The molecule has 1 amide bonds. The summed E-state index contributed by atoms with van der Waals surface area (Å²) in [6, 6.07) is 9.78. The Balaban J connectivity index is 0.000000224. The van der Waals surface area contributed by atoms with Gasteiger partial charge in [0.15, 0.2) is 0 Å². The molecule has 0 aliphatic heterocycles. The van der Waals surface area contributed by atoms with Crippen LogP contribution in [0.3, 0.4) is 0 Å².